The predicted octanol–water partition coefficient (Wildman–Crippen LogP) is 3.33. The van der Waals surface area contributed by atoms with Crippen molar-refractivity contribution in [2.45, 2.75) is 57.7 Å². The van der Waals surface area contributed by atoms with E-state index in [0.717, 1.165) is 41.8 Å². The number of nitrogens with zero attached hydrogens (tertiary/aromatic N) is 2. The van der Waals surface area contributed by atoms with Crippen molar-refractivity contribution < 1.29 is 22.7 Å². The number of anilines is 1. The molecule has 1 fully saturated rings. The molecule has 0 unspecified atom stereocenters. The number of para-hydroxylation sites is 1. The van der Waals surface area contributed by atoms with Gasteiger partial charge in [0.1, 0.15) is 18.3 Å². The first kappa shape index (κ1) is 26.5. The standard InChI is InChI=1S/C26H35N3O5S/c1-20(26(31)27-22-10-6-4-7-11-22)28(18-21-14-16-24(34-2)17-15-21)25(30)19-29(35(3,32)33)23-12-8-5-9-13-23/h5,8-9,12-17,20,22H,4,6-7,10-11,18-19H2,1-3H3,(H,27,31)/t20-/m0/s1. The lowest BCUT2D eigenvalue weighted by Crippen LogP contribution is -2.52. The Kier molecular flexibility index (Phi) is 9.14. The molecule has 9 heteroatoms. The fourth-order valence-corrected chi connectivity index (χ4v) is 5.14. The lowest BCUT2D eigenvalue weighted by atomic mass is 9.95. The summed E-state index contributed by atoms with van der Waals surface area (Å²) in [5.41, 5.74) is 1.20. The summed E-state index contributed by atoms with van der Waals surface area (Å²) in [4.78, 5) is 28.1. The molecule has 0 saturated heterocycles. The minimum absolute atomic E-state index is 0.105. The van der Waals surface area contributed by atoms with Crippen LogP contribution in [0.1, 0.15) is 44.6 Å². The average molecular weight is 502 g/mol. The van der Waals surface area contributed by atoms with Gasteiger partial charge < -0.3 is 15.0 Å². The predicted molar refractivity (Wildman–Crippen MR) is 137 cm³/mol. The van der Waals surface area contributed by atoms with Gasteiger partial charge in [-0.2, -0.15) is 0 Å². The summed E-state index contributed by atoms with van der Waals surface area (Å²) in [5, 5.41) is 3.09. The lowest BCUT2D eigenvalue weighted by molar-refractivity contribution is -0.139. The van der Waals surface area contributed by atoms with Crippen LogP contribution in [-0.2, 0) is 26.2 Å². The summed E-state index contributed by atoms with van der Waals surface area (Å²) in [6.45, 7) is 1.45. The highest BCUT2D eigenvalue weighted by molar-refractivity contribution is 7.92. The van der Waals surface area contributed by atoms with Gasteiger partial charge in [0.15, 0.2) is 0 Å². The Morgan fingerprint density at radius 2 is 1.66 bits per heavy atom. The van der Waals surface area contributed by atoms with Crippen LogP contribution in [0.5, 0.6) is 5.75 Å². The van der Waals surface area contributed by atoms with Crippen molar-refractivity contribution >= 4 is 27.5 Å². The summed E-state index contributed by atoms with van der Waals surface area (Å²) in [7, 11) is -2.15. The third kappa shape index (κ3) is 7.45. The smallest absolute Gasteiger partial charge is 0.244 e. The van der Waals surface area contributed by atoms with E-state index in [1.807, 2.05) is 12.1 Å². The van der Waals surface area contributed by atoms with Gasteiger partial charge in [0.2, 0.25) is 21.8 Å². The van der Waals surface area contributed by atoms with Gasteiger partial charge in [-0.1, -0.05) is 49.6 Å². The molecule has 1 saturated carbocycles. The van der Waals surface area contributed by atoms with Crippen LogP contribution in [0.15, 0.2) is 54.6 Å². The van der Waals surface area contributed by atoms with Crippen molar-refractivity contribution in [2.24, 2.45) is 0 Å². The van der Waals surface area contributed by atoms with E-state index in [-0.39, 0.29) is 18.5 Å². The summed E-state index contributed by atoms with van der Waals surface area (Å²) in [6.07, 6.45) is 6.26. The van der Waals surface area contributed by atoms with Crippen LogP contribution in [0.4, 0.5) is 5.69 Å². The molecule has 35 heavy (non-hydrogen) atoms. The first-order valence-corrected chi connectivity index (χ1v) is 13.8. The van der Waals surface area contributed by atoms with Gasteiger partial charge in [0.05, 0.1) is 19.1 Å². The highest BCUT2D eigenvalue weighted by atomic mass is 32.2. The molecule has 0 aromatic heterocycles. The van der Waals surface area contributed by atoms with Gasteiger partial charge in [0.25, 0.3) is 0 Å². The van der Waals surface area contributed by atoms with E-state index in [0.29, 0.717) is 11.4 Å². The molecular formula is C26H35N3O5S. The van der Waals surface area contributed by atoms with E-state index < -0.39 is 28.5 Å². The highest BCUT2D eigenvalue weighted by Gasteiger charge is 2.31. The highest BCUT2D eigenvalue weighted by Crippen LogP contribution is 2.21. The third-order valence-corrected chi connectivity index (χ3v) is 7.49. The van der Waals surface area contributed by atoms with Crippen LogP contribution < -0.4 is 14.4 Å². The van der Waals surface area contributed by atoms with Crippen molar-refractivity contribution in [3.8, 4) is 5.75 Å². The molecule has 0 radical (unpaired) electrons. The van der Waals surface area contributed by atoms with Crippen molar-refractivity contribution in [1.82, 2.24) is 10.2 Å². The van der Waals surface area contributed by atoms with Crippen LogP contribution in [0.3, 0.4) is 0 Å². The molecule has 2 amide bonds. The Balaban J connectivity index is 1.84. The van der Waals surface area contributed by atoms with Gasteiger partial charge in [-0.25, -0.2) is 8.42 Å². The molecular weight excluding hydrogens is 466 g/mol. The summed E-state index contributed by atoms with van der Waals surface area (Å²) in [6, 6.07) is 15.1. The molecule has 1 atom stereocenters. The number of carbonyl (C=O) groups excluding carboxylic acids is 2. The van der Waals surface area contributed by atoms with Gasteiger partial charge >= 0.3 is 0 Å². The minimum Gasteiger partial charge on any atom is -0.497 e. The molecule has 3 rings (SSSR count). The Hall–Kier alpha value is -3.07. The maximum atomic E-state index is 13.6. The topological polar surface area (TPSA) is 96.0 Å². The zero-order valence-electron chi connectivity index (χ0n) is 20.6. The molecule has 1 aliphatic carbocycles. The molecule has 1 aliphatic rings. The number of hydrogen-bond acceptors (Lipinski definition) is 5. The number of sulfonamides is 1. The number of hydrogen-bond donors (Lipinski definition) is 1. The Morgan fingerprint density at radius 1 is 1.03 bits per heavy atom. The first-order valence-electron chi connectivity index (χ1n) is 11.9. The average Bonchev–Trinajstić information content (AvgIpc) is 2.86. The monoisotopic (exact) mass is 501 g/mol. The molecule has 0 aliphatic heterocycles. The van der Waals surface area contributed by atoms with Crippen molar-refractivity contribution in [2.75, 3.05) is 24.2 Å². The Labute approximate surface area is 208 Å². The number of rotatable bonds is 10. The van der Waals surface area contributed by atoms with E-state index >= 15 is 0 Å². The van der Waals surface area contributed by atoms with Crippen LogP contribution in [-0.4, -0.2) is 57.1 Å². The molecule has 190 valence electrons. The largest absolute Gasteiger partial charge is 0.497 e. The Morgan fingerprint density at radius 3 is 2.23 bits per heavy atom. The number of amides is 2. The molecule has 2 aromatic rings. The van der Waals surface area contributed by atoms with Crippen molar-refractivity contribution in [3.63, 3.8) is 0 Å². The molecule has 2 aromatic carbocycles. The molecule has 0 bridgehead atoms. The van der Waals surface area contributed by atoms with Crippen LogP contribution >= 0.6 is 0 Å². The summed E-state index contributed by atoms with van der Waals surface area (Å²) in [5.74, 6) is -0.00665. The summed E-state index contributed by atoms with van der Waals surface area (Å²) >= 11 is 0. The maximum absolute atomic E-state index is 13.6. The van der Waals surface area contributed by atoms with Gasteiger partial charge in [-0.05, 0) is 49.6 Å². The van der Waals surface area contributed by atoms with Crippen molar-refractivity contribution in [1.29, 1.82) is 0 Å². The van der Waals surface area contributed by atoms with Gasteiger partial charge in [0, 0.05) is 12.6 Å². The van der Waals surface area contributed by atoms with Gasteiger partial charge in [-0.3, -0.25) is 13.9 Å². The second-order valence-electron chi connectivity index (χ2n) is 8.99. The molecule has 1 N–H and O–H groups in total. The van der Waals surface area contributed by atoms with E-state index in [9.17, 15) is 18.0 Å². The fraction of sp³-hybridized carbons (Fsp3) is 0.462. The Bertz CT molecular complexity index is 1080. The first-order chi connectivity index (χ1) is 16.7. The van der Waals surface area contributed by atoms with Crippen LogP contribution in [0, 0.1) is 0 Å². The fourth-order valence-electron chi connectivity index (χ4n) is 4.29. The number of carbonyl (C=O) groups is 2. The van der Waals surface area contributed by atoms with Gasteiger partial charge in [-0.15, -0.1) is 0 Å². The lowest BCUT2D eigenvalue weighted by Gasteiger charge is -2.33. The van der Waals surface area contributed by atoms with E-state index in [1.54, 1.807) is 56.5 Å². The SMILES string of the molecule is COc1ccc(CN(C(=O)CN(c2ccccc2)S(C)(=O)=O)[C@@H](C)C(=O)NC2CCCCC2)cc1. The van der Waals surface area contributed by atoms with Crippen LogP contribution in [0.25, 0.3) is 0 Å². The molecule has 8 nitrogen and oxygen atoms in total. The number of ether oxygens (including phenoxy) is 1. The molecule has 0 spiro atoms. The number of benzene rings is 2. The summed E-state index contributed by atoms with van der Waals surface area (Å²) < 4.78 is 31.4. The maximum Gasteiger partial charge on any atom is 0.244 e. The quantitative estimate of drug-likeness (QED) is 0.539. The van der Waals surface area contributed by atoms with E-state index in [1.165, 1.54) is 11.3 Å². The second-order valence-corrected chi connectivity index (χ2v) is 10.9. The van der Waals surface area contributed by atoms with Crippen molar-refractivity contribution in [3.05, 3.63) is 60.2 Å². The molecule has 0 heterocycles. The van der Waals surface area contributed by atoms with E-state index in [2.05, 4.69) is 5.32 Å². The number of methoxy groups -OCH3 is 1. The third-order valence-electron chi connectivity index (χ3n) is 6.35. The zero-order chi connectivity index (χ0) is 25.4. The normalized spacial score (nSPS) is 15.2. The zero-order valence-corrected chi connectivity index (χ0v) is 21.5. The minimum atomic E-state index is -3.73. The second kappa shape index (κ2) is 12.1. The van der Waals surface area contributed by atoms with Crippen LogP contribution in [0.2, 0.25) is 0 Å². The number of nitrogens with one attached hydrogen (secondary N) is 1. The van der Waals surface area contributed by atoms with E-state index in [4.69, 9.17) is 4.74 Å².